The molecule has 1 saturated heterocycles. The zero-order valence-electron chi connectivity index (χ0n) is 18.8. The molecule has 0 saturated carbocycles. The minimum Gasteiger partial charge on any atom is -0.364 e. The van der Waals surface area contributed by atoms with E-state index in [1.165, 1.54) is 11.1 Å². The van der Waals surface area contributed by atoms with Crippen molar-refractivity contribution in [2.24, 2.45) is 10.9 Å². The lowest BCUT2D eigenvalue weighted by Gasteiger charge is -2.31. The molecule has 1 fully saturated rings. The summed E-state index contributed by atoms with van der Waals surface area (Å²) in [4.78, 5) is 5.50. The second kappa shape index (κ2) is 9.12. The second-order valence-electron chi connectivity index (χ2n) is 8.89. The van der Waals surface area contributed by atoms with Crippen molar-refractivity contribution in [3.8, 4) is 0 Å². The molecule has 0 aromatic heterocycles. The van der Waals surface area contributed by atoms with Gasteiger partial charge in [0.1, 0.15) is 11.9 Å². The number of benzene rings is 3. The van der Waals surface area contributed by atoms with Gasteiger partial charge in [-0.3, -0.25) is 4.99 Å². The molecule has 0 amide bonds. The van der Waals surface area contributed by atoms with E-state index < -0.39 is 10.0 Å². The number of amidine groups is 1. The van der Waals surface area contributed by atoms with Gasteiger partial charge in [0.25, 0.3) is 0 Å². The van der Waals surface area contributed by atoms with Gasteiger partial charge in [0, 0.05) is 19.0 Å². The Labute approximate surface area is 196 Å². The lowest BCUT2D eigenvalue weighted by atomic mass is 9.94. The highest BCUT2D eigenvalue weighted by molar-refractivity contribution is 7.89. The molecule has 1 N–H and O–H groups in total. The van der Waals surface area contributed by atoms with Gasteiger partial charge < -0.3 is 5.32 Å². The minimum atomic E-state index is -3.46. The number of nitrogens with one attached hydrogen (secondary N) is 1. The standard InChI is InChI=1S/C27H29N3O2S/c1-20-12-14-24(15-13-20)33(31,32)30-18-16-23(17-19-30)27-28-25(21-8-4-2-5-9-21)26(29-27)22-10-6-3-7-11-22/h2-15,23,25-26H,16-19H2,1H3,(H,28,29)/t25-,26-/m1/s1. The Kier molecular flexibility index (Phi) is 6.04. The summed E-state index contributed by atoms with van der Waals surface area (Å²) in [6, 6.07) is 28.0. The first-order chi connectivity index (χ1) is 16.0. The van der Waals surface area contributed by atoms with Crippen LogP contribution in [-0.4, -0.2) is 31.6 Å². The molecule has 0 bridgehead atoms. The van der Waals surface area contributed by atoms with E-state index in [4.69, 9.17) is 4.99 Å². The van der Waals surface area contributed by atoms with Crippen molar-refractivity contribution in [2.75, 3.05) is 13.1 Å². The molecule has 0 radical (unpaired) electrons. The average molecular weight is 460 g/mol. The summed E-state index contributed by atoms with van der Waals surface area (Å²) < 4.78 is 27.8. The summed E-state index contributed by atoms with van der Waals surface area (Å²) in [6.45, 7) is 2.98. The number of hydrogen-bond acceptors (Lipinski definition) is 4. The van der Waals surface area contributed by atoms with Crippen LogP contribution in [0.2, 0.25) is 0 Å². The van der Waals surface area contributed by atoms with E-state index in [-0.39, 0.29) is 18.0 Å². The Morgan fingerprint density at radius 3 is 2.00 bits per heavy atom. The fourth-order valence-corrected chi connectivity index (χ4v) is 6.26. The van der Waals surface area contributed by atoms with Crippen molar-refractivity contribution in [1.29, 1.82) is 0 Å². The topological polar surface area (TPSA) is 61.8 Å². The number of aliphatic imine (C=N–C) groups is 1. The van der Waals surface area contributed by atoms with Gasteiger partial charge >= 0.3 is 0 Å². The fraction of sp³-hybridized carbons (Fsp3) is 0.296. The largest absolute Gasteiger partial charge is 0.364 e. The van der Waals surface area contributed by atoms with Gasteiger partial charge in [-0.25, -0.2) is 8.42 Å². The molecule has 2 aliphatic rings. The van der Waals surface area contributed by atoms with Crippen molar-refractivity contribution in [3.63, 3.8) is 0 Å². The number of piperidine rings is 1. The Hall–Kier alpha value is -2.96. The van der Waals surface area contributed by atoms with Crippen LogP contribution in [-0.2, 0) is 10.0 Å². The zero-order chi connectivity index (χ0) is 22.8. The zero-order valence-corrected chi connectivity index (χ0v) is 19.6. The van der Waals surface area contributed by atoms with Crippen molar-refractivity contribution >= 4 is 15.9 Å². The van der Waals surface area contributed by atoms with E-state index in [1.807, 2.05) is 31.2 Å². The van der Waals surface area contributed by atoms with Gasteiger partial charge in [-0.2, -0.15) is 4.31 Å². The molecule has 5 rings (SSSR count). The van der Waals surface area contributed by atoms with E-state index in [9.17, 15) is 8.42 Å². The minimum absolute atomic E-state index is 0.0120. The quantitative estimate of drug-likeness (QED) is 0.592. The van der Waals surface area contributed by atoms with Gasteiger partial charge in [0.05, 0.1) is 10.9 Å². The molecule has 33 heavy (non-hydrogen) atoms. The molecule has 3 aromatic carbocycles. The molecule has 0 aliphatic carbocycles. The average Bonchev–Trinajstić information content (AvgIpc) is 3.31. The van der Waals surface area contributed by atoms with Crippen LogP contribution >= 0.6 is 0 Å². The van der Waals surface area contributed by atoms with E-state index in [0.29, 0.717) is 18.0 Å². The normalized spacial score (nSPS) is 22.0. The number of rotatable bonds is 5. The lowest BCUT2D eigenvalue weighted by Crippen LogP contribution is -2.42. The maximum atomic E-state index is 13.1. The number of sulfonamides is 1. The molecule has 2 aliphatic heterocycles. The summed E-state index contributed by atoms with van der Waals surface area (Å²) in [6.07, 6.45) is 1.53. The molecule has 5 nitrogen and oxygen atoms in total. The first kappa shape index (κ1) is 21.9. The van der Waals surface area contributed by atoms with Crippen LogP contribution in [0.15, 0.2) is 94.8 Å². The maximum absolute atomic E-state index is 13.1. The molecular weight excluding hydrogens is 430 g/mol. The van der Waals surface area contributed by atoms with Crippen molar-refractivity contribution in [1.82, 2.24) is 9.62 Å². The Balaban J connectivity index is 1.33. The highest BCUT2D eigenvalue weighted by Gasteiger charge is 2.37. The van der Waals surface area contributed by atoms with Crippen LogP contribution in [0.1, 0.15) is 41.6 Å². The predicted molar refractivity (Wildman–Crippen MR) is 132 cm³/mol. The molecule has 0 spiro atoms. The van der Waals surface area contributed by atoms with Crippen LogP contribution < -0.4 is 5.32 Å². The van der Waals surface area contributed by atoms with Gasteiger partial charge in [0.2, 0.25) is 10.0 Å². The van der Waals surface area contributed by atoms with E-state index >= 15 is 0 Å². The first-order valence-corrected chi connectivity index (χ1v) is 13.0. The van der Waals surface area contributed by atoms with Gasteiger partial charge in [-0.15, -0.1) is 0 Å². The van der Waals surface area contributed by atoms with Crippen LogP contribution in [0, 0.1) is 12.8 Å². The Morgan fingerprint density at radius 1 is 0.818 bits per heavy atom. The molecule has 2 heterocycles. The highest BCUT2D eigenvalue weighted by atomic mass is 32.2. The van der Waals surface area contributed by atoms with Crippen LogP contribution in [0.3, 0.4) is 0 Å². The third kappa shape index (κ3) is 4.45. The number of hydrogen-bond donors (Lipinski definition) is 1. The SMILES string of the molecule is Cc1ccc(S(=O)(=O)N2CCC(C3=N[C@H](c4ccccc4)[C@@H](c4ccccc4)N3)CC2)cc1. The molecule has 2 atom stereocenters. The summed E-state index contributed by atoms with van der Waals surface area (Å²) in [7, 11) is -3.46. The molecular formula is C27H29N3O2S. The molecule has 6 heteroatoms. The highest BCUT2D eigenvalue weighted by Crippen LogP contribution is 2.38. The predicted octanol–water partition coefficient (Wildman–Crippen LogP) is 4.88. The summed E-state index contributed by atoms with van der Waals surface area (Å²) >= 11 is 0. The van der Waals surface area contributed by atoms with E-state index in [2.05, 4.69) is 53.8 Å². The summed E-state index contributed by atoms with van der Waals surface area (Å²) in [5, 5.41) is 3.70. The summed E-state index contributed by atoms with van der Waals surface area (Å²) in [5.74, 6) is 1.24. The van der Waals surface area contributed by atoms with Gasteiger partial charge in [0.15, 0.2) is 0 Å². The van der Waals surface area contributed by atoms with Crippen LogP contribution in [0.25, 0.3) is 0 Å². The number of aryl methyl sites for hydroxylation is 1. The maximum Gasteiger partial charge on any atom is 0.243 e. The number of nitrogens with zero attached hydrogens (tertiary/aromatic N) is 2. The monoisotopic (exact) mass is 459 g/mol. The van der Waals surface area contributed by atoms with Crippen LogP contribution in [0.5, 0.6) is 0 Å². The van der Waals surface area contributed by atoms with Crippen molar-refractivity contribution in [2.45, 2.75) is 36.7 Å². The summed E-state index contributed by atoms with van der Waals surface area (Å²) in [5.41, 5.74) is 3.46. The fourth-order valence-electron chi connectivity index (χ4n) is 4.80. The van der Waals surface area contributed by atoms with E-state index in [0.717, 1.165) is 24.2 Å². The van der Waals surface area contributed by atoms with Gasteiger partial charge in [-0.1, -0.05) is 78.4 Å². The molecule has 0 unspecified atom stereocenters. The van der Waals surface area contributed by atoms with Crippen molar-refractivity contribution < 1.29 is 8.42 Å². The van der Waals surface area contributed by atoms with E-state index in [1.54, 1.807) is 16.4 Å². The molecule has 170 valence electrons. The Morgan fingerprint density at radius 2 is 1.39 bits per heavy atom. The second-order valence-corrected chi connectivity index (χ2v) is 10.8. The lowest BCUT2D eigenvalue weighted by molar-refractivity contribution is 0.313. The third-order valence-electron chi connectivity index (χ3n) is 6.70. The first-order valence-electron chi connectivity index (χ1n) is 11.5. The van der Waals surface area contributed by atoms with Gasteiger partial charge in [-0.05, 0) is 43.0 Å². The Bertz CT molecular complexity index is 1220. The van der Waals surface area contributed by atoms with Crippen molar-refractivity contribution in [3.05, 3.63) is 102 Å². The smallest absolute Gasteiger partial charge is 0.243 e. The van der Waals surface area contributed by atoms with Crippen LogP contribution in [0.4, 0.5) is 0 Å². The molecule has 3 aromatic rings. The third-order valence-corrected chi connectivity index (χ3v) is 8.61.